The van der Waals surface area contributed by atoms with Crippen LogP contribution in [0.1, 0.15) is 34.9 Å². The molecule has 0 radical (unpaired) electrons. The highest BCUT2D eigenvalue weighted by atomic mass is 35.5. The minimum Gasteiger partial charge on any atom is -0.822 e. The molecule has 4 rings (SSSR count). The maximum absolute atomic E-state index is 12.9. The molecule has 0 spiro atoms. The van der Waals surface area contributed by atoms with Crippen LogP contribution in [0, 0.1) is 13.8 Å². The molecule has 0 saturated carbocycles. The topological polar surface area (TPSA) is 208 Å². The van der Waals surface area contributed by atoms with Gasteiger partial charge in [-0.15, -0.1) is 0 Å². The summed E-state index contributed by atoms with van der Waals surface area (Å²) < 4.78 is 32.3. The standard InChI is InChI=1S/C25H33ClN7O4PS.H3O4P/c1-5-36-38(35,37-6-2)16-32-10-12-33(13-11-32)22-14-21(28-18(4)29-22)30-25-27-15-20(39-25)24(34)31-23-17(3)8-7-9-19(23)26;1-5(2,3)4/h7-9,14-15H,5-6,10-13,16H2,1-4H3,(H,31,34)(H,27,28,29,30);(H3,1,2,3,4)/p-3. The largest absolute Gasteiger partial charge is 0.822 e. The smallest absolute Gasteiger partial charge is 0.344 e. The van der Waals surface area contributed by atoms with Crippen LogP contribution in [0.15, 0.2) is 30.5 Å². The Bertz CT molecular complexity index is 1480. The molecule has 3 aromatic rings. The van der Waals surface area contributed by atoms with Crippen LogP contribution in [0.3, 0.4) is 0 Å². The van der Waals surface area contributed by atoms with Crippen LogP contribution in [0.2, 0.25) is 5.02 Å². The number of hydrogen-bond acceptors (Lipinski definition) is 15. The number of thiazole rings is 1. The zero-order chi connectivity index (χ0) is 32.5. The number of carbonyl (C=O) groups is 1. The summed E-state index contributed by atoms with van der Waals surface area (Å²) in [6.07, 6.45) is 1.79. The molecular weight excluding hydrogens is 656 g/mol. The molecule has 0 bridgehead atoms. The lowest BCUT2D eigenvalue weighted by atomic mass is 10.2. The maximum Gasteiger partial charge on any atom is 0.344 e. The maximum atomic E-state index is 12.9. The van der Waals surface area contributed by atoms with Crippen molar-refractivity contribution in [1.82, 2.24) is 19.9 Å². The second-order valence-corrected chi connectivity index (χ2v) is 13.7. The molecule has 0 atom stereocenters. The Morgan fingerprint density at radius 1 is 1.07 bits per heavy atom. The summed E-state index contributed by atoms with van der Waals surface area (Å²) in [5.74, 6) is 1.69. The molecule has 1 aliphatic rings. The number of anilines is 4. The highest BCUT2D eigenvalue weighted by Crippen LogP contribution is 2.48. The summed E-state index contributed by atoms with van der Waals surface area (Å²) in [4.78, 5) is 56.6. The molecule has 1 amide bonds. The van der Waals surface area contributed by atoms with Crippen molar-refractivity contribution >= 4 is 66.7 Å². The predicted octanol–water partition coefficient (Wildman–Crippen LogP) is 2.72. The molecule has 242 valence electrons. The van der Waals surface area contributed by atoms with Crippen LogP contribution in [0.4, 0.5) is 22.5 Å². The molecule has 1 aromatic carbocycles. The number of para-hydroxylation sites is 1. The van der Waals surface area contributed by atoms with Gasteiger partial charge in [-0.3, -0.25) is 14.3 Å². The van der Waals surface area contributed by atoms with E-state index in [1.165, 1.54) is 17.5 Å². The summed E-state index contributed by atoms with van der Waals surface area (Å²) in [6.45, 7) is 10.9. The molecule has 2 aromatic heterocycles. The minimum atomic E-state index is -5.39. The zero-order valence-electron chi connectivity index (χ0n) is 24.5. The Kier molecular flexibility index (Phi) is 13.2. The molecule has 1 fully saturated rings. The van der Waals surface area contributed by atoms with Crippen molar-refractivity contribution in [3.05, 3.63) is 51.7 Å². The molecule has 1 saturated heterocycles. The molecule has 3 heterocycles. The van der Waals surface area contributed by atoms with Gasteiger partial charge in [0.05, 0.1) is 30.1 Å². The van der Waals surface area contributed by atoms with Crippen molar-refractivity contribution in [2.75, 3.05) is 61.2 Å². The number of aryl methyl sites for hydroxylation is 2. The monoisotopic (exact) mass is 688 g/mol. The van der Waals surface area contributed by atoms with Gasteiger partial charge in [-0.25, -0.2) is 15.0 Å². The summed E-state index contributed by atoms with van der Waals surface area (Å²) in [5.41, 5.74) is 1.46. The van der Waals surface area contributed by atoms with Crippen LogP contribution < -0.4 is 30.2 Å². The first-order valence-electron chi connectivity index (χ1n) is 13.4. The number of rotatable bonds is 11. The van der Waals surface area contributed by atoms with Gasteiger partial charge in [0.2, 0.25) is 0 Å². The quantitative estimate of drug-likeness (QED) is 0.278. The normalized spacial score (nSPS) is 14.1. The minimum absolute atomic E-state index is 0.272. The van der Waals surface area contributed by atoms with E-state index in [2.05, 4.69) is 35.4 Å². The van der Waals surface area contributed by atoms with Crippen LogP contribution >= 0.6 is 38.4 Å². The number of benzene rings is 1. The van der Waals surface area contributed by atoms with E-state index in [1.54, 1.807) is 6.07 Å². The first kappa shape index (κ1) is 36.0. The van der Waals surface area contributed by atoms with Crippen molar-refractivity contribution in [3.63, 3.8) is 0 Å². The van der Waals surface area contributed by atoms with E-state index >= 15 is 0 Å². The number of piperazine rings is 1. The number of carbonyl (C=O) groups excluding carboxylic acids is 1. The second-order valence-electron chi connectivity index (χ2n) is 9.34. The lowest BCUT2D eigenvalue weighted by molar-refractivity contribution is -0.432. The van der Waals surface area contributed by atoms with E-state index in [0.717, 1.165) is 11.4 Å². The fourth-order valence-electron chi connectivity index (χ4n) is 4.17. The number of nitrogens with one attached hydrogen (secondary N) is 2. The van der Waals surface area contributed by atoms with Gasteiger partial charge >= 0.3 is 7.60 Å². The SMILES string of the molecule is CCOP(=O)(CN1CCN(c2cc(Nc3ncc(C(=O)Nc4c(C)cccc4Cl)s3)nc(C)n2)CC1)OCC.O=P([O-])([O-])[O-]. The van der Waals surface area contributed by atoms with E-state index in [1.807, 2.05) is 45.9 Å². The molecular formula is C25H33ClN7O8P2S-3. The average Bonchev–Trinajstić information content (AvgIpc) is 3.39. The van der Waals surface area contributed by atoms with Gasteiger partial charge in [-0.05, 0) is 39.3 Å². The van der Waals surface area contributed by atoms with E-state index in [0.29, 0.717) is 71.8 Å². The van der Waals surface area contributed by atoms with Gasteiger partial charge in [-0.2, -0.15) is 7.82 Å². The van der Waals surface area contributed by atoms with Crippen molar-refractivity contribution < 1.29 is 37.7 Å². The summed E-state index contributed by atoms with van der Waals surface area (Å²) in [6, 6.07) is 7.32. The van der Waals surface area contributed by atoms with Crippen molar-refractivity contribution in [2.24, 2.45) is 0 Å². The summed E-state index contributed by atoms with van der Waals surface area (Å²) in [5, 5.41) is 7.08. The zero-order valence-corrected chi connectivity index (χ0v) is 27.9. The van der Waals surface area contributed by atoms with Crippen molar-refractivity contribution in [3.8, 4) is 0 Å². The van der Waals surface area contributed by atoms with Gasteiger partial charge < -0.3 is 43.8 Å². The summed E-state index contributed by atoms with van der Waals surface area (Å²) in [7, 11) is -8.52. The average molecular weight is 689 g/mol. The van der Waals surface area contributed by atoms with Crippen molar-refractivity contribution in [2.45, 2.75) is 27.7 Å². The van der Waals surface area contributed by atoms with E-state index < -0.39 is 15.4 Å². The third kappa shape index (κ3) is 11.5. The fraction of sp³-hybridized carbons (Fsp3) is 0.440. The van der Waals surface area contributed by atoms with Crippen LogP contribution in [0.5, 0.6) is 0 Å². The van der Waals surface area contributed by atoms with Crippen LogP contribution in [0.25, 0.3) is 0 Å². The third-order valence-electron chi connectivity index (χ3n) is 5.97. The second kappa shape index (κ2) is 16.2. The molecule has 0 aliphatic carbocycles. The lowest BCUT2D eigenvalue weighted by Crippen LogP contribution is -2.47. The third-order valence-corrected chi connectivity index (χ3v) is 9.25. The highest BCUT2D eigenvalue weighted by molar-refractivity contribution is 7.53. The predicted molar refractivity (Wildman–Crippen MR) is 163 cm³/mol. The number of hydrogen-bond donors (Lipinski definition) is 2. The first-order chi connectivity index (χ1) is 20.7. The number of amides is 1. The lowest BCUT2D eigenvalue weighted by Gasteiger charge is -2.36. The van der Waals surface area contributed by atoms with Gasteiger partial charge in [0, 0.05) is 32.2 Å². The van der Waals surface area contributed by atoms with Crippen LogP contribution in [-0.4, -0.2) is 71.4 Å². The van der Waals surface area contributed by atoms with Crippen LogP contribution in [-0.2, 0) is 18.2 Å². The van der Waals surface area contributed by atoms with Gasteiger partial charge in [0.1, 0.15) is 28.6 Å². The first-order valence-corrected chi connectivity index (χ1v) is 17.8. The molecule has 15 nitrogen and oxygen atoms in total. The molecule has 0 unspecified atom stereocenters. The van der Waals surface area contributed by atoms with E-state index in [9.17, 15) is 9.36 Å². The molecule has 19 heteroatoms. The van der Waals surface area contributed by atoms with Gasteiger partial charge in [-0.1, -0.05) is 35.1 Å². The van der Waals surface area contributed by atoms with E-state index in [4.69, 9.17) is 39.9 Å². The Morgan fingerprint density at radius 3 is 2.30 bits per heavy atom. The summed E-state index contributed by atoms with van der Waals surface area (Å²) >= 11 is 7.46. The van der Waals surface area contributed by atoms with Gasteiger partial charge in [0.25, 0.3) is 5.91 Å². The number of halogens is 1. The molecule has 44 heavy (non-hydrogen) atoms. The van der Waals surface area contributed by atoms with Crippen molar-refractivity contribution in [1.29, 1.82) is 0 Å². The number of aromatic nitrogens is 3. The van der Waals surface area contributed by atoms with Gasteiger partial charge in [0.15, 0.2) is 5.13 Å². The fourth-order valence-corrected chi connectivity index (χ4v) is 6.95. The molecule has 2 N–H and O–H groups in total. The molecule has 1 aliphatic heterocycles. The number of phosphoric acid groups is 1. The number of nitrogens with zero attached hydrogens (tertiary/aromatic N) is 5. The highest BCUT2D eigenvalue weighted by Gasteiger charge is 2.29. The Hall–Kier alpha value is -2.49. The van der Waals surface area contributed by atoms with E-state index in [-0.39, 0.29) is 12.2 Å². The Balaban J connectivity index is 0.000000978. The Morgan fingerprint density at radius 2 is 1.70 bits per heavy atom. The Labute approximate surface area is 264 Å².